The number of anilines is 1. The fraction of sp³-hybridized carbons (Fsp3) is 0.235. The fourth-order valence-electron chi connectivity index (χ4n) is 2.31. The van der Waals surface area contributed by atoms with Crippen molar-refractivity contribution in [1.29, 1.82) is 0 Å². The summed E-state index contributed by atoms with van der Waals surface area (Å²) in [5, 5.41) is 7.19. The molecule has 3 rings (SSSR count). The predicted octanol–water partition coefficient (Wildman–Crippen LogP) is 4.05. The van der Waals surface area contributed by atoms with Crippen LogP contribution >= 0.6 is 23.1 Å². The molecular formula is C17H17N3O2S2. The summed E-state index contributed by atoms with van der Waals surface area (Å²) in [5.41, 5.74) is 2.83. The number of pyridine rings is 1. The summed E-state index contributed by atoms with van der Waals surface area (Å²) >= 11 is 2.83. The summed E-state index contributed by atoms with van der Waals surface area (Å²) in [7, 11) is 1.63. The number of amides is 1. The summed E-state index contributed by atoms with van der Waals surface area (Å²) in [6.45, 7) is 3.93. The monoisotopic (exact) mass is 359 g/mol. The number of aryl methyl sites for hydroxylation is 2. The van der Waals surface area contributed by atoms with Gasteiger partial charge in [-0.15, -0.1) is 11.3 Å². The van der Waals surface area contributed by atoms with E-state index in [1.807, 2.05) is 43.5 Å². The first-order valence-electron chi connectivity index (χ1n) is 7.36. The normalized spacial score (nSPS) is 10.8. The number of ether oxygens (including phenoxy) is 1. The van der Waals surface area contributed by atoms with E-state index in [0.717, 1.165) is 32.9 Å². The Hall–Kier alpha value is -2.12. The number of nitrogens with one attached hydrogen (secondary N) is 1. The van der Waals surface area contributed by atoms with Crippen LogP contribution < -0.4 is 10.1 Å². The molecule has 0 atom stereocenters. The molecule has 124 valence electrons. The van der Waals surface area contributed by atoms with Gasteiger partial charge in [-0.1, -0.05) is 23.9 Å². The zero-order chi connectivity index (χ0) is 17.1. The summed E-state index contributed by atoms with van der Waals surface area (Å²) in [6.07, 6.45) is 0. The molecule has 3 aromatic rings. The molecule has 5 nitrogen and oxygen atoms in total. The van der Waals surface area contributed by atoms with Crippen LogP contribution in [0.25, 0.3) is 10.9 Å². The maximum Gasteiger partial charge on any atom is 0.236 e. The highest BCUT2D eigenvalue weighted by atomic mass is 32.2. The third-order valence-electron chi connectivity index (χ3n) is 3.42. The molecule has 2 aromatic heterocycles. The summed E-state index contributed by atoms with van der Waals surface area (Å²) in [6, 6.07) is 7.85. The molecule has 0 aliphatic carbocycles. The number of aromatic nitrogens is 2. The van der Waals surface area contributed by atoms with Gasteiger partial charge in [0.25, 0.3) is 0 Å². The highest BCUT2D eigenvalue weighted by Crippen LogP contribution is 2.29. The largest absolute Gasteiger partial charge is 0.494 e. The van der Waals surface area contributed by atoms with Gasteiger partial charge in [0.2, 0.25) is 5.91 Å². The van der Waals surface area contributed by atoms with Gasteiger partial charge in [0, 0.05) is 10.8 Å². The van der Waals surface area contributed by atoms with Crippen molar-refractivity contribution in [2.45, 2.75) is 18.9 Å². The van der Waals surface area contributed by atoms with Crippen LogP contribution in [-0.4, -0.2) is 28.7 Å². The quantitative estimate of drug-likeness (QED) is 0.696. The molecule has 0 bridgehead atoms. The van der Waals surface area contributed by atoms with Crippen LogP contribution in [0.2, 0.25) is 0 Å². The van der Waals surface area contributed by atoms with E-state index in [4.69, 9.17) is 4.74 Å². The van der Waals surface area contributed by atoms with Gasteiger partial charge in [-0.3, -0.25) is 4.79 Å². The van der Waals surface area contributed by atoms with Gasteiger partial charge < -0.3 is 10.1 Å². The highest BCUT2D eigenvalue weighted by Gasteiger charge is 2.10. The minimum Gasteiger partial charge on any atom is -0.494 e. The number of benzene rings is 1. The lowest BCUT2D eigenvalue weighted by Crippen LogP contribution is -2.14. The first-order valence-corrected chi connectivity index (χ1v) is 9.22. The molecule has 0 unspecified atom stereocenters. The molecular weight excluding hydrogens is 342 g/mol. The molecule has 1 N–H and O–H groups in total. The van der Waals surface area contributed by atoms with E-state index in [1.54, 1.807) is 7.11 Å². The molecule has 0 radical (unpaired) electrons. The fourth-order valence-corrected chi connectivity index (χ4v) is 3.78. The van der Waals surface area contributed by atoms with Crippen LogP contribution in [0.3, 0.4) is 0 Å². The van der Waals surface area contributed by atoms with Crippen molar-refractivity contribution < 1.29 is 9.53 Å². The van der Waals surface area contributed by atoms with Crippen molar-refractivity contribution in [3.05, 3.63) is 40.9 Å². The summed E-state index contributed by atoms with van der Waals surface area (Å²) in [5.74, 6) is 0.931. The van der Waals surface area contributed by atoms with E-state index in [-0.39, 0.29) is 11.7 Å². The van der Waals surface area contributed by atoms with Gasteiger partial charge in [0.15, 0.2) is 5.13 Å². The van der Waals surface area contributed by atoms with Crippen LogP contribution in [0.1, 0.15) is 11.3 Å². The molecule has 0 aliphatic rings. The molecule has 0 saturated heterocycles. The summed E-state index contributed by atoms with van der Waals surface area (Å²) in [4.78, 5) is 20.9. The second kappa shape index (κ2) is 7.19. The minimum atomic E-state index is -0.0890. The van der Waals surface area contributed by atoms with Gasteiger partial charge in [-0.25, -0.2) is 9.97 Å². The third kappa shape index (κ3) is 3.68. The average molecular weight is 359 g/mol. The molecule has 24 heavy (non-hydrogen) atoms. The van der Waals surface area contributed by atoms with Crippen molar-refractivity contribution in [2.75, 3.05) is 18.2 Å². The molecule has 1 aromatic carbocycles. The predicted molar refractivity (Wildman–Crippen MR) is 99.2 cm³/mol. The number of carbonyl (C=O) groups is 1. The Morgan fingerprint density at radius 3 is 2.88 bits per heavy atom. The molecule has 0 fully saturated rings. The number of nitrogens with zero attached hydrogens (tertiary/aromatic N) is 2. The second-order valence-electron chi connectivity index (χ2n) is 5.26. The van der Waals surface area contributed by atoms with Gasteiger partial charge in [-0.05, 0) is 31.5 Å². The lowest BCUT2D eigenvalue weighted by atomic mass is 10.1. The number of hydrogen-bond donors (Lipinski definition) is 1. The Morgan fingerprint density at radius 1 is 1.33 bits per heavy atom. The number of thiazole rings is 1. The number of carbonyl (C=O) groups excluding carboxylic acids is 1. The Bertz CT molecular complexity index is 893. The Labute approximate surface area is 148 Å². The zero-order valence-electron chi connectivity index (χ0n) is 13.6. The van der Waals surface area contributed by atoms with Crippen molar-refractivity contribution in [2.24, 2.45) is 0 Å². The van der Waals surface area contributed by atoms with Gasteiger partial charge in [0.1, 0.15) is 11.3 Å². The Kier molecular flexibility index (Phi) is 5.01. The average Bonchev–Trinajstić information content (AvgIpc) is 2.97. The number of para-hydroxylation sites is 1. The van der Waals surface area contributed by atoms with E-state index in [1.165, 1.54) is 23.1 Å². The molecule has 0 spiro atoms. The van der Waals surface area contributed by atoms with E-state index in [9.17, 15) is 4.79 Å². The van der Waals surface area contributed by atoms with Gasteiger partial charge in [0.05, 0.1) is 23.6 Å². The third-order valence-corrected chi connectivity index (χ3v) is 5.21. The first kappa shape index (κ1) is 16.7. The molecule has 0 saturated carbocycles. The van der Waals surface area contributed by atoms with Gasteiger partial charge >= 0.3 is 0 Å². The van der Waals surface area contributed by atoms with E-state index < -0.39 is 0 Å². The number of rotatable bonds is 5. The lowest BCUT2D eigenvalue weighted by Gasteiger charge is -2.09. The van der Waals surface area contributed by atoms with Crippen LogP contribution in [0.5, 0.6) is 5.75 Å². The van der Waals surface area contributed by atoms with Crippen molar-refractivity contribution >= 4 is 45.0 Å². The standard InChI is InChI=1S/C17H17N3O2S2/c1-10-7-15(20-16-12(10)5-4-6-13(16)22-3)23-9-14(21)19-17-18-11(2)8-24-17/h4-8H,9H2,1-3H3,(H,18,19,21). The number of methoxy groups -OCH3 is 1. The summed E-state index contributed by atoms with van der Waals surface area (Å²) < 4.78 is 5.39. The smallest absolute Gasteiger partial charge is 0.236 e. The SMILES string of the molecule is COc1cccc2c(C)cc(SCC(=O)Nc3nc(C)cs3)nc12. The van der Waals surface area contributed by atoms with Crippen molar-refractivity contribution in [3.8, 4) is 5.75 Å². The van der Waals surface area contributed by atoms with Crippen LogP contribution in [0.15, 0.2) is 34.7 Å². The zero-order valence-corrected chi connectivity index (χ0v) is 15.3. The van der Waals surface area contributed by atoms with Crippen LogP contribution in [-0.2, 0) is 4.79 Å². The topological polar surface area (TPSA) is 64.1 Å². The Morgan fingerprint density at radius 2 is 2.17 bits per heavy atom. The highest BCUT2D eigenvalue weighted by molar-refractivity contribution is 7.99. The Balaban J connectivity index is 1.74. The van der Waals surface area contributed by atoms with Crippen LogP contribution in [0, 0.1) is 13.8 Å². The maximum absolute atomic E-state index is 12.0. The van der Waals surface area contributed by atoms with E-state index in [0.29, 0.717) is 5.13 Å². The van der Waals surface area contributed by atoms with Crippen molar-refractivity contribution in [3.63, 3.8) is 0 Å². The number of fused-ring (bicyclic) bond motifs is 1. The van der Waals surface area contributed by atoms with Crippen LogP contribution in [0.4, 0.5) is 5.13 Å². The first-order chi connectivity index (χ1) is 11.6. The number of hydrogen-bond acceptors (Lipinski definition) is 6. The minimum absolute atomic E-state index is 0.0890. The second-order valence-corrected chi connectivity index (χ2v) is 7.12. The molecule has 7 heteroatoms. The van der Waals surface area contributed by atoms with Gasteiger partial charge in [-0.2, -0.15) is 0 Å². The molecule has 1 amide bonds. The van der Waals surface area contributed by atoms with Crippen molar-refractivity contribution in [1.82, 2.24) is 9.97 Å². The van der Waals surface area contributed by atoms with E-state index >= 15 is 0 Å². The maximum atomic E-state index is 12.0. The van der Waals surface area contributed by atoms with E-state index in [2.05, 4.69) is 15.3 Å². The molecule has 0 aliphatic heterocycles. The lowest BCUT2D eigenvalue weighted by molar-refractivity contribution is -0.113. The molecule has 2 heterocycles. The number of thioether (sulfide) groups is 1.